The standard InChI is InChI=1S/C14H28N2S/c1-12(2)10-17-9-7-6-8-14(5,11-15)16-13(3)4/h12-13,16H,6-10H2,1-5H3. The molecule has 0 aliphatic rings. The van der Waals surface area contributed by atoms with Gasteiger partial charge in [-0.2, -0.15) is 17.0 Å². The predicted octanol–water partition coefficient (Wildman–Crippen LogP) is 3.83. The highest BCUT2D eigenvalue weighted by Gasteiger charge is 2.23. The number of nitrogens with zero attached hydrogens (tertiary/aromatic N) is 1. The number of rotatable bonds is 9. The van der Waals surface area contributed by atoms with E-state index in [0.29, 0.717) is 6.04 Å². The lowest BCUT2D eigenvalue weighted by Gasteiger charge is -2.25. The fourth-order valence-corrected chi connectivity index (χ4v) is 2.85. The number of thioether (sulfide) groups is 1. The third-order valence-corrected chi connectivity index (χ3v) is 4.00. The van der Waals surface area contributed by atoms with Crippen LogP contribution in [0.5, 0.6) is 0 Å². The summed E-state index contributed by atoms with van der Waals surface area (Å²) >= 11 is 2.03. The molecular formula is C14H28N2S. The molecule has 100 valence electrons. The summed E-state index contributed by atoms with van der Waals surface area (Å²) in [5.41, 5.74) is -0.350. The van der Waals surface area contributed by atoms with Crippen LogP contribution in [0.15, 0.2) is 0 Å². The van der Waals surface area contributed by atoms with Gasteiger partial charge in [0, 0.05) is 6.04 Å². The molecule has 1 N–H and O–H groups in total. The highest BCUT2D eigenvalue weighted by molar-refractivity contribution is 7.99. The highest BCUT2D eigenvalue weighted by atomic mass is 32.2. The van der Waals surface area contributed by atoms with Gasteiger partial charge in [-0.05, 0) is 57.5 Å². The van der Waals surface area contributed by atoms with E-state index in [-0.39, 0.29) is 5.54 Å². The van der Waals surface area contributed by atoms with E-state index in [1.54, 1.807) is 0 Å². The molecule has 0 spiro atoms. The maximum Gasteiger partial charge on any atom is 0.104 e. The van der Waals surface area contributed by atoms with Gasteiger partial charge in [0.25, 0.3) is 0 Å². The van der Waals surface area contributed by atoms with Crippen LogP contribution in [0.4, 0.5) is 0 Å². The topological polar surface area (TPSA) is 35.8 Å². The number of nitrogens with one attached hydrogen (secondary N) is 1. The van der Waals surface area contributed by atoms with Crippen molar-refractivity contribution in [2.45, 2.75) is 65.5 Å². The van der Waals surface area contributed by atoms with Crippen molar-refractivity contribution in [3.8, 4) is 6.07 Å². The fraction of sp³-hybridized carbons (Fsp3) is 0.929. The lowest BCUT2D eigenvalue weighted by Crippen LogP contribution is -2.44. The van der Waals surface area contributed by atoms with Crippen molar-refractivity contribution in [3.63, 3.8) is 0 Å². The molecule has 1 atom stereocenters. The monoisotopic (exact) mass is 256 g/mol. The molecular weight excluding hydrogens is 228 g/mol. The first-order chi connectivity index (χ1) is 7.89. The Morgan fingerprint density at radius 3 is 2.35 bits per heavy atom. The van der Waals surface area contributed by atoms with Gasteiger partial charge < -0.3 is 0 Å². The maximum absolute atomic E-state index is 9.19. The molecule has 0 fully saturated rings. The average Bonchev–Trinajstić information content (AvgIpc) is 2.22. The summed E-state index contributed by atoms with van der Waals surface area (Å²) in [6, 6.07) is 2.77. The van der Waals surface area contributed by atoms with Gasteiger partial charge in [0.1, 0.15) is 5.54 Å². The molecule has 0 amide bonds. The highest BCUT2D eigenvalue weighted by Crippen LogP contribution is 2.16. The van der Waals surface area contributed by atoms with E-state index in [1.807, 2.05) is 18.7 Å². The Labute approximate surface area is 112 Å². The SMILES string of the molecule is CC(C)CSCCCCC(C)(C#N)NC(C)C. The maximum atomic E-state index is 9.19. The summed E-state index contributed by atoms with van der Waals surface area (Å²) in [5.74, 6) is 3.26. The number of hydrogen-bond donors (Lipinski definition) is 1. The van der Waals surface area contributed by atoms with E-state index in [2.05, 4.69) is 39.1 Å². The van der Waals surface area contributed by atoms with Gasteiger partial charge in [-0.15, -0.1) is 0 Å². The van der Waals surface area contributed by atoms with E-state index in [1.165, 1.54) is 17.9 Å². The second-order valence-electron chi connectivity index (χ2n) is 5.67. The van der Waals surface area contributed by atoms with Crippen molar-refractivity contribution in [2.75, 3.05) is 11.5 Å². The third-order valence-electron chi connectivity index (χ3n) is 2.52. The Balaban J connectivity index is 3.67. The number of nitriles is 1. The molecule has 0 aliphatic carbocycles. The Morgan fingerprint density at radius 2 is 1.88 bits per heavy atom. The lowest BCUT2D eigenvalue weighted by atomic mass is 9.96. The van der Waals surface area contributed by atoms with Crippen LogP contribution < -0.4 is 5.32 Å². The molecule has 0 bridgehead atoms. The van der Waals surface area contributed by atoms with Gasteiger partial charge in [0.2, 0.25) is 0 Å². The van der Waals surface area contributed by atoms with Gasteiger partial charge in [-0.3, -0.25) is 5.32 Å². The Kier molecular flexibility index (Phi) is 8.72. The van der Waals surface area contributed by atoms with E-state index in [9.17, 15) is 5.26 Å². The van der Waals surface area contributed by atoms with Crippen LogP contribution in [0.2, 0.25) is 0 Å². The van der Waals surface area contributed by atoms with E-state index < -0.39 is 0 Å². The molecule has 0 aliphatic heterocycles. The van der Waals surface area contributed by atoms with Crippen LogP contribution in [-0.2, 0) is 0 Å². The van der Waals surface area contributed by atoms with E-state index >= 15 is 0 Å². The van der Waals surface area contributed by atoms with Crippen LogP contribution in [0.3, 0.4) is 0 Å². The predicted molar refractivity (Wildman–Crippen MR) is 78.3 cm³/mol. The van der Waals surface area contributed by atoms with Crippen LogP contribution in [0, 0.1) is 17.2 Å². The molecule has 17 heavy (non-hydrogen) atoms. The van der Waals surface area contributed by atoms with Gasteiger partial charge in [-0.1, -0.05) is 13.8 Å². The quantitative estimate of drug-likeness (QED) is 0.637. The second-order valence-corrected chi connectivity index (χ2v) is 6.82. The molecule has 0 rings (SSSR count). The largest absolute Gasteiger partial charge is 0.297 e. The first-order valence-electron chi connectivity index (χ1n) is 6.66. The van der Waals surface area contributed by atoms with Gasteiger partial charge in [-0.25, -0.2) is 0 Å². The van der Waals surface area contributed by atoms with Gasteiger partial charge in [0.05, 0.1) is 6.07 Å². The Bertz CT molecular complexity index is 233. The van der Waals surface area contributed by atoms with Crippen LogP contribution in [0.25, 0.3) is 0 Å². The van der Waals surface area contributed by atoms with Crippen LogP contribution in [0.1, 0.15) is 53.9 Å². The molecule has 0 aromatic heterocycles. The molecule has 0 aromatic carbocycles. The summed E-state index contributed by atoms with van der Waals surface area (Å²) in [6.07, 6.45) is 3.30. The molecule has 0 aromatic rings. The first kappa shape index (κ1) is 16.8. The van der Waals surface area contributed by atoms with Crippen molar-refractivity contribution in [1.29, 1.82) is 5.26 Å². The van der Waals surface area contributed by atoms with Crippen molar-refractivity contribution < 1.29 is 0 Å². The van der Waals surface area contributed by atoms with Crippen molar-refractivity contribution in [1.82, 2.24) is 5.32 Å². The van der Waals surface area contributed by atoms with Crippen LogP contribution >= 0.6 is 11.8 Å². The molecule has 0 heterocycles. The minimum atomic E-state index is -0.350. The van der Waals surface area contributed by atoms with Crippen molar-refractivity contribution in [3.05, 3.63) is 0 Å². The van der Waals surface area contributed by atoms with Gasteiger partial charge in [0.15, 0.2) is 0 Å². The average molecular weight is 256 g/mol. The summed E-state index contributed by atoms with van der Waals surface area (Å²) in [4.78, 5) is 0. The van der Waals surface area contributed by atoms with E-state index in [4.69, 9.17) is 0 Å². The van der Waals surface area contributed by atoms with E-state index in [0.717, 1.165) is 18.8 Å². The molecule has 0 radical (unpaired) electrons. The normalized spacial score (nSPS) is 14.9. The Morgan fingerprint density at radius 1 is 1.24 bits per heavy atom. The summed E-state index contributed by atoms with van der Waals surface area (Å²) in [7, 11) is 0. The molecule has 2 nitrogen and oxygen atoms in total. The minimum Gasteiger partial charge on any atom is -0.297 e. The second kappa shape index (κ2) is 8.83. The molecule has 1 unspecified atom stereocenters. The zero-order chi connectivity index (χ0) is 13.3. The van der Waals surface area contributed by atoms with Crippen LogP contribution in [-0.4, -0.2) is 23.1 Å². The lowest BCUT2D eigenvalue weighted by molar-refractivity contribution is 0.372. The summed E-state index contributed by atoms with van der Waals surface area (Å²) in [5, 5.41) is 12.5. The van der Waals surface area contributed by atoms with Crippen molar-refractivity contribution in [2.24, 2.45) is 5.92 Å². The smallest absolute Gasteiger partial charge is 0.104 e. The summed E-state index contributed by atoms with van der Waals surface area (Å²) in [6.45, 7) is 10.7. The molecule has 3 heteroatoms. The molecule has 0 saturated carbocycles. The Hall–Kier alpha value is -0.200. The minimum absolute atomic E-state index is 0.350. The number of unbranched alkanes of at least 4 members (excludes halogenated alkanes) is 1. The zero-order valence-corrected chi connectivity index (χ0v) is 12.9. The fourth-order valence-electron chi connectivity index (χ4n) is 1.80. The summed E-state index contributed by atoms with van der Waals surface area (Å²) < 4.78 is 0. The molecule has 0 saturated heterocycles. The van der Waals surface area contributed by atoms with Crippen molar-refractivity contribution >= 4 is 11.8 Å². The third kappa shape index (κ3) is 9.50. The van der Waals surface area contributed by atoms with Gasteiger partial charge >= 0.3 is 0 Å². The first-order valence-corrected chi connectivity index (χ1v) is 7.82. The zero-order valence-electron chi connectivity index (χ0n) is 12.0. The number of hydrogen-bond acceptors (Lipinski definition) is 3.